The Balaban J connectivity index is 3.54. The van der Waals surface area contributed by atoms with E-state index in [1.165, 1.54) is 12.0 Å². The van der Waals surface area contributed by atoms with Crippen LogP contribution in [0, 0.1) is 0 Å². The SMILES string of the molecule is COCC(=O)NCC(=O)N(C)C. The number of likely N-dealkylation sites (N-methyl/N-ethyl adjacent to an activating group) is 1. The van der Waals surface area contributed by atoms with Crippen LogP contribution in [0.25, 0.3) is 0 Å². The zero-order valence-corrected chi connectivity index (χ0v) is 7.59. The largest absolute Gasteiger partial charge is 0.375 e. The second-order valence-corrected chi connectivity index (χ2v) is 2.50. The maximum Gasteiger partial charge on any atom is 0.246 e. The number of methoxy groups -OCH3 is 1. The first kappa shape index (κ1) is 10.9. The highest BCUT2D eigenvalue weighted by Crippen LogP contribution is 1.76. The van der Waals surface area contributed by atoms with E-state index in [1.807, 2.05) is 0 Å². The Hall–Kier alpha value is -1.10. The van der Waals surface area contributed by atoms with Crippen LogP contribution < -0.4 is 5.32 Å². The molecule has 5 heteroatoms. The van der Waals surface area contributed by atoms with Gasteiger partial charge in [-0.05, 0) is 0 Å². The number of nitrogens with one attached hydrogen (secondary N) is 1. The van der Waals surface area contributed by atoms with Gasteiger partial charge in [0.15, 0.2) is 0 Å². The van der Waals surface area contributed by atoms with Crippen molar-refractivity contribution < 1.29 is 14.3 Å². The van der Waals surface area contributed by atoms with Gasteiger partial charge in [0.2, 0.25) is 11.8 Å². The van der Waals surface area contributed by atoms with E-state index in [-0.39, 0.29) is 25.0 Å². The van der Waals surface area contributed by atoms with Crippen molar-refractivity contribution in [2.75, 3.05) is 34.4 Å². The lowest BCUT2D eigenvalue weighted by Gasteiger charge is -2.10. The summed E-state index contributed by atoms with van der Waals surface area (Å²) in [5.74, 6) is -0.424. The van der Waals surface area contributed by atoms with Crippen LogP contribution in [0.4, 0.5) is 0 Å². The van der Waals surface area contributed by atoms with Crippen molar-refractivity contribution in [2.45, 2.75) is 0 Å². The molecule has 12 heavy (non-hydrogen) atoms. The maximum atomic E-state index is 10.9. The third-order valence-electron chi connectivity index (χ3n) is 1.21. The predicted molar refractivity (Wildman–Crippen MR) is 43.6 cm³/mol. The number of carbonyl (C=O) groups is 2. The molecule has 0 fully saturated rings. The number of nitrogens with zero attached hydrogens (tertiary/aromatic N) is 1. The number of amides is 2. The highest BCUT2D eigenvalue weighted by atomic mass is 16.5. The van der Waals surface area contributed by atoms with Gasteiger partial charge in [0.1, 0.15) is 6.61 Å². The summed E-state index contributed by atoms with van der Waals surface area (Å²) in [7, 11) is 4.68. The Morgan fingerprint density at radius 3 is 2.42 bits per heavy atom. The number of ether oxygens (including phenoxy) is 1. The highest BCUT2D eigenvalue weighted by molar-refractivity contribution is 5.84. The first-order valence-corrected chi connectivity index (χ1v) is 3.53. The van der Waals surface area contributed by atoms with E-state index < -0.39 is 0 Å². The van der Waals surface area contributed by atoms with Crippen molar-refractivity contribution in [3.63, 3.8) is 0 Å². The van der Waals surface area contributed by atoms with E-state index in [0.717, 1.165) is 0 Å². The molecule has 0 aromatic heterocycles. The molecular formula is C7H14N2O3. The number of rotatable bonds is 4. The molecule has 1 N–H and O–H groups in total. The highest BCUT2D eigenvalue weighted by Gasteiger charge is 2.05. The van der Waals surface area contributed by atoms with E-state index in [9.17, 15) is 9.59 Å². The average Bonchev–Trinajstić information content (AvgIpc) is 2.00. The average molecular weight is 174 g/mol. The molecule has 0 radical (unpaired) electrons. The van der Waals surface area contributed by atoms with Gasteiger partial charge >= 0.3 is 0 Å². The summed E-state index contributed by atoms with van der Waals surface area (Å²) in [6.07, 6.45) is 0. The molecule has 5 nitrogen and oxygen atoms in total. The summed E-state index contributed by atoms with van der Waals surface area (Å²) in [6.45, 7) is 0.00982. The topological polar surface area (TPSA) is 58.6 Å². The smallest absolute Gasteiger partial charge is 0.246 e. The van der Waals surface area contributed by atoms with Crippen molar-refractivity contribution >= 4 is 11.8 Å². The van der Waals surface area contributed by atoms with Crippen LogP contribution in [-0.4, -0.2) is 51.1 Å². The van der Waals surface area contributed by atoms with Crippen molar-refractivity contribution in [3.05, 3.63) is 0 Å². The summed E-state index contributed by atoms with van der Waals surface area (Å²) in [5, 5.41) is 2.41. The molecule has 0 aliphatic heterocycles. The fourth-order valence-corrected chi connectivity index (χ4v) is 0.514. The molecule has 2 amide bonds. The Labute approximate surface area is 71.7 Å². The van der Waals surface area contributed by atoms with Gasteiger partial charge in [0.25, 0.3) is 0 Å². The summed E-state index contributed by atoms with van der Waals surface area (Å²) in [6, 6.07) is 0. The van der Waals surface area contributed by atoms with Crippen LogP contribution in [-0.2, 0) is 14.3 Å². The van der Waals surface area contributed by atoms with Crippen LogP contribution in [0.2, 0.25) is 0 Å². The molecule has 0 saturated carbocycles. The van der Waals surface area contributed by atoms with Gasteiger partial charge in [-0.1, -0.05) is 0 Å². The van der Waals surface area contributed by atoms with Crippen molar-refractivity contribution in [1.29, 1.82) is 0 Å². The van der Waals surface area contributed by atoms with Gasteiger partial charge in [-0.15, -0.1) is 0 Å². The Kier molecular flexibility index (Phi) is 5.03. The first-order chi connectivity index (χ1) is 5.57. The quantitative estimate of drug-likeness (QED) is 0.584. The summed E-state index contributed by atoms with van der Waals surface area (Å²) in [5.41, 5.74) is 0. The molecule has 0 atom stereocenters. The molecule has 0 heterocycles. The standard InChI is InChI=1S/C7H14N2O3/c1-9(2)7(11)4-8-6(10)5-12-3/h4-5H2,1-3H3,(H,8,10). The van der Waals surface area contributed by atoms with Gasteiger partial charge in [-0.25, -0.2) is 0 Å². The lowest BCUT2D eigenvalue weighted by atomic mass is 10.5. The third-order valence-corrected chi connectivity index (χ3v) is 1.21. The molecule has 0 unspecified atom stereocenters. The summed E-state index contributed by atoms with van der Waals surface area (Å²) >= 11 is 0. The minimum Gasteiger partial charge on any atom is -0.375 e. The molecule has 0 aromatic rings. The van der Waals surface area contributed by atoms with Gasteiger partial charge in [-0.2, -0.15) is 0 Å². The van der Waals surface area contributed by atoms with Crippen LogP contribution in [0.1, 0.15) is 0 Å². The van der Waals surface area contributed by atoms with Crippen LogP contribution in [0.5, 0.6) is 0 Å². The number of hydrogen-bond donors (Lipinski definition) is 1. The number of hydrogen-bond acceptors (Lipinski definition) is 3. The molecule has 0 aliphatic carbocycles. The molecular weight excluding hydrogens is 160 g/mol. The third kappa shape index (κ3) is 4.68. The normalized spacial score (nSPS) is 9.25. The first-order valence-electron chi connectivity index (χ1n) is 3.53. The maximum absolute atomic E-state index is 10.9. The van der Waals surface area contributed by atoms with Gasteiger partial charge < -0.3 is 15.0 Å². The van der Waals surface area contributed by atoms with Crippen molar-refractivity contribution in [1.82, 2.24) is 10.2 Å². The second-order valence-electron chi connectivity index (χ2n) is 2.50. The molecule has 0 bridgehead atoms. The minimum absolute atomic E-state index is 0.0132. The molecule has 0 aliphatic rings. The van der Waals surface area contributed by atoms with Crippen LogP contribution in [0.3, 0.4) is 0 Å². The zero-order chi connectivity index (χ0) is 9.56. The summed E-state index contributed by atoms with van der Waals surface area (Å²) < 4.78 is 4.56. The molecule has 0 aromatic carbocycles. The van der Waals surface area contributed by atoms with Gasteiger partial charge in [0.05, 0.1) is 6.54 Å². The minimum atomic E-state index is -0.285. The van der Waals surface area contributed by atoms with E-state index in [2.05, 4.69) is 10.1 Å². The fourth-order valence-electron chi connectivity index (χ4n) is 0.514. The second kappa shape index (κ2) is 5.54. The zero-order valence-electron chi connectivity index (χ0n) is 7.59. The van der Waals surface area contributed by atoms with E-state index in [4.69, 9.17) is 0 Å². The lowest BCUT2D eigenvalue weighted by Crippen LogP contribution is -2.37. The monoisotopic (exact) mass is 174 g/mol. The van der Waals surface area contributed by atoms with Crippen molar-refractivity contribution in [3.8, 4) is 0 Å². The Morgan fingerprint density at radius 1 is 1.42 bits per heavy atom. The van der Waals surface area contributed by atoms with Gasteiger partial charge in [-0.3, -0.25) is 9.59 Å². The summed E-state index contributed by atoms with van der Waals surface area (Å²) in [4.78, 5) is 23.1. The van der Waals surface area contributed by atoms with Crippen LogP contribution in [0.15, 0.2) is 0 Å². The predicted octanol–water partition coefficient (Wildman–Crippen LogP) is -1.16. The molecule has 70 valence electrons. The molecule has 0 saturated heterocycles. The molecule has 0 rings (SSSR count). The fraction of sp³-hybridized carbons (Fsp3) is 0.714. The molecule has 0 spiro atoms. The Morgan fingerprint density at radius 2 is 2.00 bits per heavy atom. The van der Waals surface area contributed by atoms with Crippen molar-refractivity contribution in [2.24, 2.45) is 0 Å². The van der Waals surface area contributed by atoms with E-state index in [1.54, 1.807) is 14.1 Å². The van der Waals surface area contributed by atoms with Gasteiger partial charge in [0, 0.05) is 21.2 Å². The van der Waals surface area contributed by atoms with E-state index in [0.29, 0.717) is 0 Å². The number of carbonyl (C=O) groups excluding carboxylic acids is 2. The van der Waals surface area contributed by atoms with E-state index >= 15 is 0 Å². The Bertz CT molecular complexity index is 168. The van der Waals surface area contributed by atoms with Crippen LogP contribution >= 0.6 is 0 Å². The lowest BCUT2D eigenvalue weighted by molar-refractivity contribution is -0.132.